The molecule has 2 aromatic heterocycles. The zero-order chi connectivity index (χ0) is 11.7. The van der Waals surface area contributed by atoms with Crippen LogP contribution in [0.1, 0.15) is 0 Å². The third-order valence-corrected chi connectivity index (χ3v) is 3.18. The van der Waals surface area contributed by atoms with Crippen LogP contribution < -0.4 is 11.3 Å². The zero-order valence-electron chi connectivity index (χ0n) is 8.29. The molecule has 0 saturated heterocycles. The molecule has 84 valence electrons. The van der Waals surface area contributed by atoms with Gasteiger partial charge in [-0.1, -0.05) is 0 Å². The predicted octanol–water partition coefficient (Wildman–Crippen LogP) is 0.475. The number of nitrogens with two attached hydrogens (primary N) is 1. The molecule has 6 heteroatoms. The minimum Gasteiger partial charge on any atom is -0.480 e. The molecule has 0 radical (unpaired) electrons. The molecular weight excluding hydrogens is 228 g/mol. The largest absolute Gasteiger partial charge is 0.480 e. The average Bonchev–Trinajstić information content (AvgIpc) is 2.70. The maximum atomic E-state index is 11.9. The van der Waals surface area contributed by atoms with Crippen LogP contribution in [0.25, 0.3) is 10.1 Å². The lowest BCUT2D eigenvalue weighted by atomic mass is 10.3. The number of rotatable bonds is 3. The van der Waals surface area contributed by atoms with Gasteiger partial charge in [-0.2, -0.15) is 0 Å². The Hall–Kier alpha value is -1.66. The molecule has 1 atom stereocenters. The molecule has 0 bridgehead atoms. The van der Waals surface area contributed by atoms with Crippen molar-refractivity contribution in [2.45, 2.75) is 12.6 Å². The Balaban J connectivity index is 2.42. The van der Waals surface area contributed by atoms with Crippen molar-refractivity contribution < 1.29 is 9.90 Å². The Morgan fingerprint density at radius 2 is 2.31 bits per heavy atom. The summed E-state index contributed by atoms with van der Waals surface area (Å²) in [5, 5.41) is 11.1. The van der Waals surface area contributed by atoms with Gasteiger partial charge in [-0.25, -0.2) is 0 Å². The Labute approximate surface area is 94.7 Å². The zero-order valence-corrected chi connectivity index (χ0v) is 9.11. The third kappa shape index (κ3) is 1.84. The van der Waals surface area contributed by atoms with Gasteiger partial charge in [-0.3, -0.25) is 9.59 Å². The van der Waals surface area contributed by atoms with Crippen LogP contribution in [-0.2, 0) is 11.3 Å². The van der Waals surface area contributed by atoms with E-state index in [-0.39, 0.29) is 12.1 Å². The van der Waals surface area contributed by atoms with Crippen LogP contribution in [0, 0.1) is 0 Å². The molecule has 5 nitrogen and oxygen atoms in total. The number of aliphatic carboxylic acids is 1. The van der Waals surface area contributed by atoms with Gasteiger partial charge >= 0.3 is 5.97 Å². The van der Waals surface area contributed by atoms with E-state index in [9.17, 15) is 9.59 Å². The number of carbonyl (C=O) groups is 1. The molecule has 1 unspecified atom stereocenters. The number of aromatic nitrogens is 1. The summed E-state index contributed by atoms with van der Waals surface area (Å²) >= 11 is 1.47. The van der Waals surface area contributed by atoms with Crippen LogP contribution in [0.3, 0.4) is 0 Å². The van der Waals surface area contributed by atoms with E-state index in [1.54, 1.807) is 18.3 Å². The highest BCUT2D eigenvalue weighted by atomic mass is 32.1. The second-order valence-corrected chi connectivity index (χ2v) is 4.36. The number of carboxylic acids is 1. The third-order valence-electron chi connectivity index (χ3n) is 2.30. The molecule has 0 aliphatic rings. The number of hydrogen-bond acceptors (Lipinski definition) is 4. The minimum absolute atomic E-state index is 0.0139. The predicted molar refractivity (Wildman–Crippen MR) is 61.7 cm³/mol. The number of carboxylic acid groups (broad SMARTS) is 1. The fraction of sp³-hybridized carbons (Fsp3) is 0.200. The monoisotopic (exact) mass is 238 g/mol. The minimum atomic E-state index is -1.11. The average molecular weight is 238 g/mol. The Kier molecular flexibility index (Phi) is 2.76. The van der Waals surface area contributed by atoms with Crippen molar-refractivity contribution in [1.29, 1.82) is 0 Å². The lowest BCUT2D eigenvalue weighted by Crippen LogP contribution is -2.37. The molecule has 0 aromatic carbocycles. The van der Waals surface area contributed by atoms with E-state index in [0.717, 1.165) is 4.70 Å². The summed E-state index contributed by atoms with van der Waals surface area (Å²) in [6.07, 6.45) is 1.57. The number of nitrogens with zero attached hydrogens (tertiary/aromatic N) is 1. The number of hydrogen-bond donors (Lipinski definition) is 2. The van der Waals surface area contributed by atoms with Gasteiger partial charge in [0.05, 0.1) is 11.9 Å². The Morgan fingerprint density at radius 1 is 1.56 bits per heavy atom. The SMILES string of the molecule is NC(Cn1ccc2sccc2c1=O)C(=O)O. The van der Waals surface area contributed by atoms with Crippen LogP contribution in [0.5, 0.6) is 0 Å². The van der Waals surface area contributed by atoms with Gasteiger partial charge in [0, 0.05) is 10.9 Å². The van der Waals surface area contributed by atoms with Crippen LogP contribution in [-0.4, -0.2) is 21.7 Å². The molecule has 0 amide bonds. The maximum Gasteiger partial charge on any atom is 0.322 e. The topological polar surface area (TPSA) is 85.3 Å². The summed E-state index contributed by atoms with van der Waals surface area (Å²) in [5.41, 5.74) is 5.18. The molecule has 16 heavy (non-hydrogen) atoms. The molecule has 2 heterocycles. The van der Waals surface area contributed by atoms with Gasteiger partial charge in [-0.15, -0.1) is 11.3 Å². The quantitative estimate of drug-likeness (QED) is 0.814. The molecule has 0 aliphatic heterocycles. The highest BCUT2D eigenvalue weighted by Gasteiger charge is 2.13. The van der Waals surface area contributed by atoms with Crippen molar-refractivity contribution in [3.8, 4) is 0 Å². The Morgan fingerprint density at radius 3 is 3.00 bits per heavy atom. The van der Waals surface area contributed by atoms with E-state index in [2.05, 4.69) is 0 Å². The van der Waals surface area contributed by atoms with Gasteiger partial charge in [0.1, 0.15) is 6.04 Å². The summed E-state index contributed by atoms with van der Waals surface area (Å²) in [6.45, 7) is -0.0139. The maximum absolute atomic E-state index is 11.9. The van der Waals surface area contributed by atoms with Crippen molar-refractivity contribution in [3.63, 3.8) is 0 Å². The molecule has 0 saturated carbocycles. The molecule has 0 spiro atoms. The smallest absolute Gasteiger partial charge is 0.322 e. The molecule has 0 aliphatic carbocycles. The van der Waals surface area contributed by atoms with Crippen LogP contribution >= 0.6 is 11.3 Å². The standard InChI is InChI=1S/C10H10N2O3S/c11-7(10(14)15)5-12-3-1-8-6(9(12)13)2-4-16-8/h1-4,7H,5,11H2,(H,14,15). The first kappa shape index (κ1) is 10.8. The normalized spacial score (nSPS) is 12.8. The summed E-state index contributed by atoms with van der Waals surface area (Å²) in [5.74, 6) is -1.11. The van der Waals surface area contributed by atoms with Crippen molar-refractivity contribution in [3.05, 3.63) is 34.1 Å². The summed E-state index contributed by atoms with van der Waals surface area (Å²) in [7, 11) is 0. The fourth-order valence-corrected chi connectivity index (χ4v) is 2.21. The van der Waals surface area contributed by atoms with Crippen LogP contribution in [0.2, 0.25) is 0 Å². The second-order valence-electron chi connectivity index (χ2n) is 3.42. The van der Waals surface area contributed by atoms with Crippen LogP contribution in [0.15, 0.2) is 28.5 Å². The van der Waals surface area contributed by atoms with E-state index in [0.29, 0.717) is 5.39 Å². The van der Waals surface area contributed by atoms with E-state index in [4.69, 9.17) is 10.8 Å². The highest BCUT2D eigenvalue weighted by Crippen LogP contribution is 2.16. The van der Waals surface area contributed by atoms with Crippen LogP contribution in [0.4, 0.5) is 0 Å². The highest BCUT2D eigenvalue weighted by molar-refractivity contribution is 7.17. The van der Waals surface area contributed by atoms with Gasteiger partial charge < -0.3 is 15.4 Å². The first-order chi connectivity index (χ1) is 7.59. The van der Waals surface area contributed by atoms with E-state index in [1.165, 1.54) is 15.9 Å². The Bertz CT molecular complexity index is 587. The summed E-state index contributed by atoms with van der Waals surface area (Å²) < 4.78 is 2.22. The molecule has 2 rings (SSSR count). The van der Waals surface area contributed by atoms with Gasteiger partial charge in [-0.05, 0) is 17.5 Å². The number of pyridine rings is 1. The van der Waals surface area contributed by atoms with E-state index in [1.807, 2.05) is 5.38 Å². The molecule has 3 N–H and O–H groups in total. The van der Waals surface area contributed by atoms with Gasteiger partial charge in [0.2, 0.25) is 0 Å². The number of fused-ring (bicyclic) bond motifs is 1. The van der Waals surface area contributed by atoms with Crippen molar-refractivity contribution in [2.24, 2.45) is 5.73 Å². The van der Waals surface area contributed by atoms with Crippen molar-refractivity contribution >= 4 is 27.4 Å². The second kappa shape index (κ2) is 4.07. The lowest BCUT2D eigenvalue weighted by molar-refractivity contribution is -0.138. The fourth-order valence-electron chi connectivity index (χ4n) is 1.44. The van der Waals surface area contributed by atoms with E-state index < -0.39 is 12.0 Å². The van der Waals surface area contributed by atoms with Crippen molar-refractivity contribution in [1.82, 2.24) is 4.57 Å². The first-order valence-corrected chi connectivity index (χ1v) is 5.52. The molecule has 0 fully saturated rings. The molecule has 2 aromatic rings. The van der Waals surface area contributed by atoms with Gasteiger partial charge in [0.15, 0.2) is 0 Å². The van der Waals surface area contributed by atoms with Crippen molar-refractivity contribution in [2.75, 3.05) is 0 Å². The first-order valence-electron chi connectivity index (χ1n) is 4.64. The van der Waals surface area contributed by atoms with E-state index >= 15 is 0 Å². The summed E-state index contributed by atoms with van der Waals surface area (Å²) in [6, 6.07) is 2.45. The number of thiophene rings is 1. The summed E-state index contributed by atoms with van der Waals surface area (Å²) in [4.78, 5) is 22.5. The van der Waals surface area contributed by atoms with Gasteiger partial charge in [0.25, 0.3) is 5.56 Å². The molecular formula is C10H10N2O3S. The lowest BCUT2D eigenvalue weighted by Gasteiger charge is -2.08.